The summed E-state index contributed by atoms with van der Waals surface area (Å²) in [5.74, 6) is 0.602. The summed E-state index contributed by atoms with van der Waals surface area (Å²) in [6.45, 7) is 15.7. The molecule has 136 valence electrons. The van der Waals surface area contributed by atoms with Crippen LogP contribution in [-0.4, -0.2) is 39.5 Å². The molecule has 0 aliphatic carbocycles. The predicted octanol–water partition coefficient (Wildman–Crippen LogP) is 4.05. The Hall–Kier alpha value is -1.04. The topological polar surface area (TPSA) is 64.5 Å². The number of hydrogen-bond donors (Lipinski definition) is 2. The molecule has 0 unspecified atom stereocenters. The highest BCUT2D eigenvalue weighted by Gasteiger charge is 2.37. The van der Waals surface area contributed by atoms with E-state index < -0.39 is 8.32 Å². The molecule has 1 heterocycles. The number of piperidine rings is 1. The molecule has 0 spiro atoms. The van der Waals surface area contributed by atoms with Crippen molar-refractivity contribution in [2.45, 2.75) is 57.7 Å². The lowest BCUT2D eigenvalue weighted by Crippen LogP contribution is -2.43. The molecule has 1 aliphatic heterocycles. The molecule has 2 rings (SSSR count). The van der Waals surface area contributed by atoms with Crippen molar-refractivity contribution >= 4 is 19.7 Å². The van der Waals surface area contributed by atoms with Gasteiger partial charge in [-0.15, -0.1) is 0 Å². The third-order valence-electron chi connectivity index (χ3n) is 5.85. The first-order valence-electron chi connectivity index (χ1n) is 9.11. The van der Waals surface area contributed by atoms with Crippen molar-refractivity contribution in [3.05, 3.63) is 23.8 Å². The van der Waals surface area contributed by atoms with Gasteiger partial charge in [0, 0.05) is 13.2 Å². The van der Waals surface area contributed by atoms with Gasteiger partial charge in [-0.1, -0.05) is 26.8 Å². The fourth-order valence-electron chi connectivity index (χ4n) is 2.98. The molecule has 4 N–H and O–H groups in total. The number of anilines is 2. The van der Waals surface area contributed by atoms with Crippen molar-refractivity contribution in [3.63, 3.8) is 0 Å². The van der Waals surface area contributed by atoms with Crippen LogP contribution in [0.4, 0.5) is 11.4 Å². The van der Waals surface area contributed by atoms with Crippen LogP contribution in [0.3, 0.4) is 0 Å². The number of benzene rings is 1. The zero-order valence-electron chi connectivity index (χ0n) is 16.1. The van der Waals surface area contributed by atoms with Crippen LogP contribution in [0.2, 0.25) is 18.1 Å². The van der Waals surface area contributed by atoms with Crippen molar-refractivity contribution < 1.29 is 4.43 Å². The summed E-state index contributed by atoms with van der Waals surface area (Å²) >= 11 is 0. The van der Waals surface area contributed by atoms with E-state index in [0.717, 1.165) is 26.2 Å². The van der Waals surface area contributed by atoms with E-state index in [9.17, 15) is 0 Å². The third-order valence-corrected chi connectivity index (χ3v) is 10.4. The van der Waals surface area contributed by atoms with Crippen LogP contribution in [-0.2, 0) is 4.43 Å². The Morgan fingerprint density at radius 2 is 1.75 bits per heavy atom. The smallest absolute Gasteiger partial charge is 0.192 e. The van der Waals surface area contributed by atoms with E-state index in [4.69, 9.17) is 15.9 Å². The van der Waals surface area contributed by atoms with E-state index in [-0.39, 0.29) is 5.04 Å². The first kappa shape index (κ1) is 19.3. The summed E-state index contributed by atoms with van der Waals surface area (Å²) in [7, 11) is -1.62. The Bertz CT molecular complexity index is 546. The van der Waals surface area contributed by atoms with Gasteiger partial charge >= 0.3 is 0 Å². The SMILES string of the molecule is CC(C)(C)[Si](C)(C)OCCN1CCC(c2ccc(N)c(N)c2)CC1. The minimum atomic E-state index is -1.62. The monoisotopic (exact) mass is 349 g/mol. The Morgan fingerprint density at radius 1 is 1.12 bits per heavy atom. The van der Waals surface area contributed by atoms with Gasteiger partial charge < -0.3 is 20.8 Å². The molecule has 0 bridgehead atoms. The van der Waals surface area contributed by atoms with Gasteiger partial charge in [0.2, 0.25) is 0 Å². The van der Waals surface area contributed by atoms with Crippen LogP contribution in [0.15, 0.2) is 18.2 Å². The Balaban J connectivity index is 1.78. The van der Waals surface area contributed by atoms with Crippen LogP contribution in [0.5, 0.6) is 0 Å². The molecule has 0 saturated carbocycles. The Morgan fingerprint density at radius 3 is 2.29 bits per heavy atom. The van der Waals surface area contributed by atoms with Crippen LogP contribution >= 0.6 is 0 Å². The molecule has 0 aromatic heterocycles. The van der Waals surface area contributed by atoms with Gasteiger partial charge in [-0.25, -0.2) is 0 Å². The maximum Gasteiger partial charge on any atom is 0.192 e. The fourth-order valence-corrected chi connectivity index (χ4v) is 4.02. The van der Waals surface area contributed by atoms with E-state index in [1.807, 2.05) is 6.07 Å². The molecule has 0 radical (unpaired) electrons. The number of nitrogens with two attached hydrogens (primary N) is 2. The second-order valence-corrected chi connectivity index (χ2v) is 13.4. The second-order valence-electron chi connectivity index (χ2n) is 8.61. The minimum Gasteiger partial charge on any atom is -0.416 e. The zero-order valence-corrected chi connectivity index (χ0v) is 17.1. The minimum absolute atomic E-state index is 0.287. The van der Waals surface area contributed by atoms with Gasteiger partial charge in [-0.3, -0.25) is 0 Å². The van der Waals surface area contributed by atoms with Gasteiger partial charge in [-0.2, -0.15) is 0 Å². The molecule has 4 nitrogen and oxygen atoms in total. The van der Waals surface area contributed by atoms with Crippen LogP contribution in [0.25, 0.3) is 0 Å². The number of nitrogen functional groups attached to an aromatic ring is 2. The van der Waals surface area contributed by atoms with E-state index in [2.05, 4.69) is 50.9 Å². The van der Waals surface area contributed by atoms with Crippen LogP contribution < -0.4 is 11.5 Å². The number of rotatable bonds is 5. The largest absolute Gasteiger partial charge is 0.416 e. The molecule has 0 amide bonds. The number of likely N-dealkylation sites (tertiary alicyclic amines) is 1. The van der Waals surface area contributed by atoms with Crippen LogP contribution in [0.1, 0.15) is 45.1 Å². The normalized spacial score (nSPS) is 18.0. The first-order chi connectivity index (χ1) is 11.1. The van der Waals surface area contributed by atoms with Gasteiger partial charge in [0.1, 0.15) is 0 Å². The first-order valence-corrected chi connectivity index (χ1v) is 12.0. The van der Waals surface area contributed by atoms with E-state index >= 15 is 0 Å². The molecule has 1 aromatic carbocycles. The van der Waals surface area contributed by atoms with E-state index in [1.54, 1.807) is 0 Å². The molecule has 5 heteroatoms. The molecule has 1 aromatic rings. The summed E-state index contributed by atoms with van der Waals surface area (Å²) in [4.78, 5) is 2.53. The van der Waals surface area contributed by atoms with Gasteiger partial charge in [0.25, 0.3) is 0 Å². The van der Waals surface area contributed by atoms with Gasteiger partial charge in [0.15, 0.2) is 8.32 Å². The van der Waals surface area contributed by atoms with E-state index in [0.29, 0.717) is 17.3 Å². The summed E-state index contributed by atoms with van der Waals surface area (Å²) in [6.07, 6.45) is 2.37. The summed E-state index contributed by atoms with van der Waals surface area (Å²) < 4.78 is 6.30. The van der Waals surface area contributed by atoms with Gasteiger partial charge in [0.05, 0.1) is 11.4 Å². The fraction of sp³-hybridized carbons (Fsp3) is 0.684. The maximum atomic E-state index is 6.30. The highest BCUT2D eigenvalue weighted by atomic mass is 28.4. The lowest BCUT2D eigenvalue weighted by Gasteiger charge is -2.37. The molecule has 1 saturated heterocycles. The van der Waals surface area contributed by atoms with Crippen molar-refractivity contribution in [1.29, 1.82) is 0 Å². The maximum absolute atomic E-state index is 6.30. The van der Waals surface area contributed by atoms with Crippen molar-refractivity contribution in [3.8, 4) is 0 Å². The van der Waals surface area contributed by atoms with E-state index in [1.165, 1.54) is 18.4 Å². The second kappa shape index (κ2) is 7.46. The summed E-state index contributed by atoms with van der Waals surface area (Å²) in [5.41, 5.74) is 14.5. The quantitative estimate of drug-likeness (QED) is 0.622. The molecular formula is C19H35N3OSi. The highest BCUT2D eigenvalue weighted by Crippen LogP contribution is 2.36. The zero-order chi connectivity index (χ0) is 18.0. The third kappa shape index (κ3) is 4.74. The Kier molecular flexibility index (Phi) is 5.99. The Labute approximate surface area is 148 Å². The predicted molar refractivity (Wildman–Crippen MR) is 107 cm³/mol. The van der Waals surface area contributed by atoms with Gasteiger partial charge in [-0.05, 0) is 67.7 Å². The summed E-state index contributed by atoms with van der Waals surface area (Å²) in [6, 6.07) is 6.12. The molecule has 24 heavy (non-hydrogen) atoms. The molecular weight excluding hydrogens is 314 g/mol. The molecule has 1 fully saturated rings. The average molecular weight is 350 g/mol. The van der Waals surface area contributed by atoms with Crippen molar-refractivity contribution in [2.75, 3.05) is 37.7 Å². The van der Waals surface area contributed by atoms with Crippen molar-refractivity contribution in [1.82, 2.24) is 4.90 Å². The molecule has 1 aliphatic rings. The average Bonchev–Trinajstić information content (AvgIpc) is 2.49. The standard InChI is InChI=1S/C19H35N3OSi/c1-19(2,3)24(4,5)23-13-12-22-10-8-15(9-11-22)16-6-7-17(20)18(21)14-16/h6-7,14-15H,8-13,20-21H2,1-5H3. The highest BCUT2D eigenvalue weighted by molar-refractivity contribution is 6.74. The van der Waals surface area contributed by atoms with Crippen molar-refractivity contribution in [2.24, 2.45) is 0 Å². The number of hydrogen-bond acceptors (Lipinski definition) is 4. The summed E-state index contributed by atoms with van der Waals surface area (Å²) in [5, 5.41) is 0.287. The lowest BCUT2D eigenvalue weighted by molar-refractivity contribution is 0.166. The number of nitrogens with zero attached hydrogens (tertiary/aromatic N) is 1. The van der Waals surface area contributed by atoms with Crippen LogP contribution in [0, 0.1) is 0 Å². The molecule has 0 atom stereocenters. The lowest BCUT2D eigenvalue weighted by atomic mass is 9.89.